The molecule has 0 unspecified atom stereocenters. The summed E-state index contributed by atoms with van der Waals surface area (Å²) in [5, 5.41) is 22.0. The Kier molecular flexibility index (Phi) is 2.40. The number of rotatable bonds is 1. The van der Waals surface area contributed by atoms with Crippen LogP contribution in [0, 0.1) is 22.7 Å². The van der Waals surface area contributed by atoms with E-state index < -0.39 is 5.41 Å². The zero-order valence-corrected chi connectivity index (χ0v) is 9.80. The van der Waals surface area contributed by atoms with E-state index in [1.165, 1.54) is 6.20 Å². The van der Waals surface area contributed by atoms with Crippen LogP contribution in [0.2, 0.25) is 0 Å². The molecule has 3 heterocycles. The van der Waals surface area contributed by atoms with Gasteiger partial charge in [-0.1, -0.05) is 12.2 Å². The highest BCUT2D eigenvalue weighted by Crippen LogP contribution is 2.39. The Morgan fingerprint density at radius 3 is 2.56 bits per heavy atom. The quantitative estimate of drug-likeness (QED) is 0.748. The highest BCUT2D eigenvalue weighted by molar-refractivity contribution is 5.40. The lowest BCUT2D eigenvalue weighted by atomic mass is 9.72. The monoisotopic (exact) mass is 236 g/mol. The van der Waals surface area contributed by atoms with Crippen LogP contribution in [-0.4, -0.2) is 17.1 Å². The molecule has 1 fully saturated rings. The van der Waals surface area contributed by atoms with Crippen LogP contribution in [0.4, 0.5) is 0 Å². The first kappa shape index (κ1) is 11.0. The van der Waals surface area contributed by atoms with Gasteiger partial charge in [-0.25, -0.2) is 0 Å². The van der Waals surface area contributed by atoms with Gasteiger partial charge in [-0.2, -0.15) is 10.5 Å². The minimum Gasteiger partial charge on any atom is -0.304 e. The van der Waals surface area contributed by atoms with Crippen molar-refractivity contribution in [3.63, 3.8) is 0 Å². The summed E-state index contributed by atoms with van der Waals surface area (Å²) in [6.07, 6.45) is 8.99. The van der Waals surface area contributed by atoms with Crippen LogP contribution in [0.25, 0.3) is 0 Å². The lowest BCUT2D eigenvalue weighted by Gasteiger charge is -2.36. The average Bonchev–Trinajstić information content (AvgIpc) is 2.78. The van der Waals surface area contributed by atoms with Crippen molar-refractivity contribution in [2.75, 3.05) is 0 Å². The van der Waals surface area contributed by atoms with E-state index in [2.05, 4.69) is 34.6 Å². The summed E-state index contributed by atoms with van der Waals surface area (Å²) < 4.78 is 0. The molecular weight excluding hydrogens is 224 g/mol. The molecule has 0 aromatic carbocycles. The average molecular weight is 236 g/mol. The Morgan fingerprint density at radius 2 is 1.94 bits per heavy atom. The second kappa shape index (κ2) is 3.94. The van der Waals surface area contributed by atoms with Crippen LogP contribution in [-0.2, 0) is 5.41 Å². The minimum absolute atomic E-state index is 0.258. The number of nitrogens with one attached hydrogen (secondary N) is 1. The van der Waals surface area contributed by atoms with Gasteiger partial charge in [0.2, 0.25) is 0 Å². The molecule has 2 bridgehead atoms. The summed E-state index contributed by atoms with van der Waals surface area (Å²) in [5.74, 6) is 0. The van der Waals surface area contributed by atoms with Crippen molar-refractivity contribution in [3.8, 4) is 12.1 Å². The number of nitriles is 2. The van der Waals surface area contributed by atoms with E-state index in [0.29, 0.717) is 5.56 Å². The topological polar surface area (TPSA) is 72.5 Å². The van der Waals surface area contributed by atoms with Gasteiger partial charge < -0.3 is 5.32 Å². The van der Waals surface area contributed by atoms with Gasteiger partial charge in [0.05, 0.1) is 17.0 Å². The first-order valence-corrected chi connectivity index (χ1v) is 5.97. The molecule has 2 aliphatic rings. The lowest BCUT2D eigenvalue weighted by Crippen LogP contribution is -2.46. The van der Waals surface area contributed by atoms with Crippen LogP contribution in [0.1, 0.15) is 24.0 Å². The van der Waals surface area contributed by atoms with Gasteiger partial charge in [-0.3, -0.25) is 4.98 Å². The second-order valence-corrected chi connectivity index (χ2v) is 4.94. The van der Waals surface area contributed by atoms with Crippen molar-refractivity contribution in [1.29, 1.82) is 10.5 Å². The van der Waals surface area contributed by atoms with Gasteiger partial charge in [0.1, 0.15) is 6.07 Å². The number of aromatic nitrogens is 1. The molecule has 0 saturated carbocycles. The number of nitrogens with zero attached hydrogens (tertiary/aromatic N) is 3. The number of fused-ring (bicyclic) bond motifs is 2. The number of piperidine rings is 1. The van der Waals surface area contributed by atoms with Crippen LogP contribution >= 0.6 is 0 Å². The second-order valence-electron chi connectivity index (χ2n) is 4.94. The molecule has 0 aliphatic carbocycles. The Labute approximate surface area is 106 Å². The highest BCUT2D eigenvalue weighted by atomic mass is 15.0. The Hall–Kier alpha value is -2.17. The first-order chi connectivity index (χ1) is 8.75. The van der Waals surface area contributed by atoms with Gasteiger partial charge >= 0.3 is 0 Å². The summed E-state index contributed by atoms with van der Waals surface area (Å²) in [6.45, 7) is 0. The van der Waals surface area contributed by atoms with Crippen LogP contribution < -0.4 is 5.32 Å². The van der Waals surface area contributed by atoms with Crippen molar-refractivity contribution in [2.45, 2.75) is 30.3 Å². The zero-order valence-electron chi connectivity index (χ0n) is 9.80. The number of hydrogen-bond acceptors (Lipinski definition) is 4. The van der Waals surface area contributed by atoms with Gasteiger partial charge in [-0.05, 0) is 24.5 Å². The molecule has 3 atom stereocenters. The summed E-state index contributed by atoms with van der Waals surface area (Å²) in [7, 11) is 0. The molecule has 0 radical (unpaired) electrons. The molecule has 1 saturated heterocycles. The van der Waals surface area contributed by atoms with Crippen molar-refractivity contribution in [2.24, 2.45) is 0 Å². The molecule has 0 spiro atoms. The lowest BCUT2D eigenvalue weighted by molar-refractivity contribution is 0.319. The highest BCUT2D eigenvalue weighted by Gasteiger charge is 2.43. The molecule has 4 heteroatoms. The molecule has 18 heavy (non-hydrogen) atoms. The van der Waals surface area contributed by atoms with Crippen molar-refractivity contribution >= 4 is 0 Å². The van der Waals surface area contributed by atoms with E-state index in [9.17, 15) is 5.26 Å². The summed E-state index contributed by atoms with van der Waals surface area (Å²) >= 11 is 0. The number of hydrogen-bond donors (Lipinski definition) is 1. The molecular formula is C14H12N4. The Bertz CT molecular complexity index is 577. The van der Waals surface area contributed by atoms with Gasteiger partial charge in [0.15, 0.2) is 0 Å². The maximum atomic E-state index is 9.61. The van der Waals surface area contributed by atoms with E-state index in [-0.39, 0.29) is 12.1 Å². The van der Waals surface area contributed by atoms with E-state index in [4.69, 9.17) is 5.26 Å². The van der Waals surface area contributed by atoms with Crippen LogP contribution in [0.5, 0.6) is 0 Å². The first-order valence-electron chi connectivity index (χ1n) is 5.97. The SMILES string of the molecule is N#Cc1cncc([C@@]2(C#N)C[C@H]3C=C[C@@H](C2)N3)c1. The summed E-state index contributed by atoms with van der Waals surface area (Å²) in [4.78, 5) is 4.08. The van der Waals surface area contributed by atoms with Crippen molar-refractivity contribution in [3.05, 3.63) is 41.7 Å². The largest absolute Gasteiger partial charge is 0.304 e. The Balaban J connectivity index is 2.02. The minimum atomic E-state index is -0.524. The molecule has 1 aromatic rings. The van der Waals surface area contributed by atoms with E-state index >= 15 is 0 Å². The summed E-state index contributed by atoms with van der Waals surface area (Å²) in [6, 6.07) is 6.85. The molecule has 1 N–H and O–H groups in total. The van der Waals surface area contributed by atoms with Gasteiger partial charge in [-0.15, -0.1) is 0 Å². The molecule has 88 valence electrons. The maximum Gasteiger partial charge on any atom is 0.101 e. The third kappa shape index (κ3) is 1.59. The molecule has 3 rings (SSSR count). The Morgan fingerprint density at radius 1 is 1.22 bits per heavy atom. The van der Waals surface area contributed by atoms with Gasteiger partial charge in [0, 0.05) is 24.5 Å². The fourth-order valence-electron chi connectivity index (χ4n) is 2.90. The molecule has 2 aliphatic heterocycles. The van der Waals surface area contributed by atoms with E-state index in [0.717, 1.165) is 18.4 Å². The van der Waals surface area contributed by atoms with E-state index in [1.807, 2.05) is 0 Å². The summed E-state index contributed by atoms with van der Waals surface area (Å²) in [5.41, 5.74) is 0.856. The normalized spacial score (nSPS) is 32.8. The van der Waals surface area contributed by atoms with Crippen molar-refractivity contribution in [1.82, 2.24) is 10.3 Å². The predicted molar refractivity (Wildman–Crippen MR) is 65.3 cm³/mol. The predicted octanol–water partition coefficient (Wildman–Crippen LogP) is 1.41. The fraction of sp³-hybridized carbons (Fsp3) is 0.357. The van der Waals surface area contributed by atoms with E-state index in [1.54, 1.807) is 12.3 Å². The maximum absolute atomic E-state index is 9.61. The van der Waals surface area contributed by atoms with Gasteiger partial charge in [0.25, 0.3) is 0 Å². The smallest absolute Gasteiger partial charge is 0.101 e. The molecule has 1 aromatic heterocycles. The van der Waals surface area contributed by atoms with Crippen LogP contribution in [0.3, 0.4) is 0 Å². The number of pyridine rings is 1. The molecule has 0 amide bonds. The standard InChI is InChI=1S/C14H12N4/c15-6-10-3-11(8-17-7-10)14(9-16)4-12-1-2-13(5-14)18-12/h1-3,7-8,12-13,18H,4-5H2/t12-,13+,14+. The zero-order chi connectivity index (χ0) is 12.6. The fourth-order valence-corrected chi connectivity index (χ4v) is 2.90. The third-order valence-corrected chi connectivity index (χ3v) is 3.77. The van der Waals surface area contributed by atoms with Crippen molar-refractivity contribution < 1.29 is 0 Å². The molecule has 4 nitrogen and oxygen atoms in total. The third-order valence-electron chi connectivity index (χ3n) is 3.77. The van der Waals surface area contributed by atoms with Crippen LogP contribution in [0.15, 0.2) is 30.6 Å².